The van der Waals surface area contributed by atoms with Crippen LogP contribution in [0.1, 0.15) is 82.2 Å². The third kappa shape index (κ3) is 7.07. The fourth-order valence-corrected chi connectivity index (χ4v) is 40.9. The van der Waals surface area contributed by atoms with Crippen molar-refractivity contribution >= 4 is 52.3 Å². The molecule has 0 saturated heterocycles. The Bertz CT molecular complexity index is 3170. The van der Waals surface area contributed by atoms with E-state index in [1.54, 1.807) is 0 Å². The van der Waals surface area contributed by atoms with Crippen LogP contribution >= 0.6 is 17.0 Å². The van der Waals surface area contributed by atoms with E-state index in [9.17, 15) is 17.0 Å². The maximum atomic E-state index is 9.61. The summed E-state index contributed by atoms with van der Waals surface area (Å²) in [7, 11) is 18.3. The molecule has 2 aliphatic carbocycles. The number of rotatable bonds is 11. The molecule has 68 heavy (non-hydrogen) atoms. The molecule has 0 saturated carbocycles. The molecule has 4 heteroatoms. The van der Waals surface area contributed by atoms with E-state index in [1.165, 1.54) is 114 Å². The Balaban J connectivity index is 1.24. The van der Waals surface area contributed by atoms with Gasteiger partial charge in [-0.2, -0.15) is 0 Å². The Morgan fingerprint density at radius 3 is 1.31 bits per heavy atom. The zero-order valence-electron chi connectivity index (χ0n) is 40.1. The molecule has 0 amide bonds. The number of aryl methyl sites for hydroxylation is 2. The summed E-state index contributed by atoms with van der Waals surface area (Å²) in [6, 6.07) is 65.7. The summed E-state index contributed by atoms with van der Waals surface area (Å²) >= 11 is -5.85. The average molecular weight is 1020 g/mol. The van der Waals surface area contributed by atoms with Crippen molar-refractivity contribution in [1.29, 1.82) is 0 Å². The Morgan fingerprint density at radius 2 is 0.853 bits per heavy atom. The first-order chi connectivity index (χ1) is 33.0. The van der Waals surface area contributed by atoms with Crippen molar-refractivity contribution in [3.63, 3.8) is 0 Å². The minimum absolute atomic E-state index is 0.170. The molecular formula is C64H59Cl2SiZr. The van der Waals surface area contributed by atoms with Crippen LogP contribution < -0.4 is 13.6 Å². The average Bonchev–Trinajstić information content (AvgIpc) is 4.10. The molecule has 0 bridgehead atoms. The number of benzene rings is 8. The predicted molar refractivity (Wildman–Crippen MR) is 296 cm³/mol. The molecule has 0 radical (unpaired) electrons. The van der Waals surface area contributed by atoms with E-state index in [-0.39, 0.29) is 19.1 Å². The summed E-state index contributed by atoms with van der Waals surface area (Å²) in [5.74, 6) is 0.406. The molecule has 0 aromatic heterocycles. The first-order valence-electron chi connectivity index (χ1n) is 24.8. The number of halogens is 2. The van der Waals surface area contributed by atoms with Gasteiger partial charge in [-0.25, -0.2) is 0 Å². The van der Waals surface area contributed by atoms with Gasteiger partial charge < -0.3 is 0 Å². The summed E-state index contributed by atoms with van der Waals surface area (Å²) in [5.41, 5.74) is 23.4. The summed E-state index contributed by atoms with van der Waals surface area (Å²) in [4.78, 5) is 0. The number of fused-ring (bicyclic) bond motifs is 5. The fraction of sp³-hybridized carbons (Fsp3) is 0.188. The summed E-state index contributed by atoms with van der Waals surface area (Å²) in [5, 5.41) is 2.94. The van der Waals surface area contributed by atoms with Crippen LogP contribution in [-0.2, 0) is 29.2 Å². The SMILES string of the molecule is CCc1ccc2c(c1-c1ccccc1-c1ccccc1)C=C(C(C)C)[CH]2[Zr]([Cl])([Cl])([c]1cccc2c1[SiH2]c1ccccc1-2)[CH]1C(C(C)C)=Cc2c1ccc(CC)c2-c1ccccc1-c1ccccc1. The van der Waals surface area contributed by atoms with E-state index >= 15 is 0 Å². The van der Waals surface area contributed by atoms with Crippen molar-refractivity contribution in [2.75, 3.05) is 0 Å². The van der Waals surface area contributed by atoms with Crippen molar-refractivity contribution in [2.24, 2.45) is 11.8 Å². The van der Waals surface area contributed by atoms with Gasteiger partial charge in [0.25, 0.3) is 0 Å². The molecule has 0 nitrogen and oxygen atoms in total. The standard InChI is InChI=1S/2C26H25.C12H9Si.2ClH.Zr/c2*1-4-19-14-15-21-16-22(18(2)3)17-25(21)26(19)24-13-9-8-12-23(24)20-10-6-5-7-11-20;1-3-7-11-9(5-1)10-6-2-4-8-12(10)13-11;;;/h2*5-18H,4H2,1-3H3;1-7H,13H2;2*1H;/q;;;;;+2/p-2. The van der Waals surface area contributed by atoms with E-state index in [2.05, 4.69) is 230 Å². The van der Waals surface area contributed by atoms with Crippen molar-refractivity contribution in [2.45, 2.75) is 61.6 Å². The molecule has 2 atom stereocenters. The van der Waals surface area contributed by atoms with Crippen molar-refractivity contribution in [3.8, 4) is 55.6 Å². The van der Waals surface area contributed by atoms with Crippen LogP contribution in [0.4, 0.5) is 0 Å². The molecule has 3 aliphatic rings. The normalized spacial score (nSPS) is 16.8. The van der Waals surface area contributed by atoms with Crippen LogP contribution in [0.5, 0.6) is 0 Å². The summed E-state index contributed by atoms with van der Waals surface area (Å²) in [6.45, 7) is 14.1. The van der Waals surface area contributed by atoms with Crippen molar-refractivity contribution in [1.82, 2.24) is 0 Å². The molecule has 1 heterocycles. The summed E-state index contributed by atoms with van der Waals surface area (Å²) < 4.78 is 0.939. The van der Waals surface area contributed by atoms with Crippen LogP contribution in [0, 0.1) is 11.8 Å². The second-order valence-corrected chi connectivity index (χ2v) is 42.4. The molecule has 0 fully saturated rings. The van der Waals surface area contributed by atoms with Crippen LogP contribution in [0.3, 0.4) is 0 Å². The molecule has 11 rings (SSSR count). The third-order valence-corrected chi connectivity index (χ3v) is 38.3. The summed E-state index contributed by atoms with van der Waals surface area (Å²) in [6.07, 6.45) is 6.95. The minimum atomic E-state index is -5.85. The van der Waals surface area contributed by atoms with Gasteiger partial charge in [0.2, 0.25) is 0 Å². The first kappa shape index (κ1) is 45.4. The van der Waals surface area contributed by atoms with E-state index in [0.29, 0.717) is 0 Å². The van der Waals surface area contributed by atoms with Gasteiger partial charge in [-0.15, -0.1) is 0 Å². The second-order valence-electron chi connectivity index (χ2n) is 20.0. The Labute approximate surface area is 414 Å². The quantitative estimate of drug-likeness (QED) is 0.113. The number of hydrogen-bond acceptors (Lipinski definition) is 0. The molecule has 8 aromatic rings. The third-order valence-electron chi connectivity index (χ3n) is 15.7. The molecule has 8 aromatic carbocycles. The maximum absolute atomic E-state index is 9.61. The molecule has 1 aliphatic heterocycles. The van der Waals surface area contributed by atoms with Crippen molar-refractivity contribution < 1.29 is 16.4 Å². The van der Waals surface area contributed by atoms with Gasteiger partial charge in [-0.3, -0.25) is 0 Å². The zero-order valence-corrected chi connectivity index (χ0v) is 45.5. The Kier molecular flexibility index (Phi) is 11.8. The number of hydrogen-bond donors (Lipinski definition) is 0. The Hall–Kier alpha value is -5.08. The molecule has 337 valence electrons. The monoisotopic (exact) mass is 1020 g/mol. The van der Waals surface area contributed by atoms with Crippen LogP contribution in [-0.4, -0.2) is 9.52 Å². The van der Waals surface area contributed by atoms with Gasteiger partial charge in [0.15, 0.2) is 0 Å². The van der Waals surface area contributed by atoms with Crippen LogP contribution in [0.15, 0.2) is 187 Å². The first-order valence-corrected chi connectivity index (χ1v) is 36.7. The van der Waals surface area contributed by atoms with Crippen LogP contribution in [0.2, 0.25) is 0 Å². The molecular weight excluding hydrogens is 959 g/mol. The van der Waals surface area contributed by atoms with E-state index < -0.39 is 25.9 Å². The van der Waals surface area contributed by atoms with Gasteiger partial charge >= 0.3 is 418 Å². The van der Waals surface area contributed by atoms with Gasteiger partial charge in [0.05, 0.1) is 0 Å². The predicted octanol–water partition coefficient (Wildman–Crippen LogP) is 15.8. The second kappa shape index (κ2) is 17.7. The van der Waals surface area contributed by atoms with E-state index in [4.69, 9.17) is 0 Å². The van der Waals surface area contributed by atoms with Gasteiger partial charge in [0.1, 0.15) is 0 Å². The van der Waals surface area contributed by atoms with Crippen LogP contribution in [0.25, 0.3) is 67.8 Å². The van der Waals surface area contributed by atoms with Gasteiger partial charge in [0, 0.05) is 0 Å². The van der Waals surface area contributed by atoms with E-state index in [0.717, 1.165) is 12.8 Å². The number of allylic oxidation sites excluding steroid dienone is 2. The molecule has 0 spiro atoms. The zero-order chi connectivity index (χ0) is 46.9. The Morgan fingerprint density at radius 1 is 0.441 bits per heavy atom. The topological polar surface area (TPSA) is 0 Å². The molecule has 0 N–H and O–H groups in total. The van der Waals surface area contributed by atoms with Gasteiger partial charge in [-0.05, 0) is 0 Å². The van der Waals surface area contributed by atoms with Gasteiger partial charge in [-0.1, -0.05) is 0 Å². The van der Waals surface area contributed by atoms with E-state index in [1.807, 2.05) is 0 Å². The van der Waals surface area contributed by atoms with Crippen molar-refractivity contribution in [3.05, 3.63) is 220 Å². The fourth-order valence-electron chi connectivity index (χ4n) is 12.7. The molecule has 2 unspecified atom stereocenters.